The van der Waals surface area contributed by atoms with E-state index in [1.165, 1.54) is 26.2 Å². The van der Waals surface area contributed by atoms with Gasteiger partial charge in [-0.05, 0) is 25.7 Å². The van der Waals surface area contributed by atoms with Gasteiger partial charge >= 0.3 is 0 Å². The molecule has 0 saturated carbocycles. The molecule has 0 spiro atoms. The van der Waals surface area contributed by atoms with Crippen molar-refractivity contribution in [1.29, 1.82) is 0 Å². The highest BCUT2D eigenvalue weighted by Gasteiger charge is 2.29. The molecule has 144 valence electrons. The molecule has 0 amide bonds. The molecule has 4 fully saturated rings. The quantitative estimate of drug-likeness (QED) is 0.719. The molecule has 0 aromatic carbocycles. The minimum atomic E-state index is 0. The van der Waals surface area contributed by atoms with E-state index in [0.717, 1.165) is 52.1 Å². The summed E-state index contributed by atoms with van der Waals surface area (Å²) < 4.78 is 10.3. The third-order valence-electron chi connectivity index (χ3n) is 5.42. The van der Waals surface area contributed by atoms with Crippen molar-refractivity contribution in [2.75, 3.05) is 52.6 Å². The number of ether oxygens (including phenoxy) is 2. The monoisotopic (exact) mass is 384 g/mol. The van der Waals surface area contributed by atoms with Crippen molar-refractivity contribution >= 4 is 24.8 Å². The number of nitrogens with two attached hydrogens (primary N) is 2. The number of likely N-dealkylation sites (tertiary alicyclic amines) is 2. The largest absolute Gasteiger partial charge is 0.378 e. The highest BCUT2D eigenvalue weighted by atomic mass is 35.5. The van der Waals surface area contributed by atoms with E-state index in [1.54, 1.807) is 0 Å². The van der Waals surface area contributed by atoms with E-state index in [2.05, 4.69) is 9.80 Å². The summed E-state index contributed by atoms with van der Waals surface area (Å²) in [6.45, 7) is 8.46. The molecule has 4 aliphatic rings. The van der Waals surface area contributed by atoms with E-state index in [1.807, 2.05) is 0 Å². The summed E-state index contributed by atoms with van der Waals surface area (Å²) >= 11 is 0. The zero-order chi connectivity index (χ0) is 15.4. The molecule has 0 atom stereocenters. The lowest BCUT2D eigenvalue weighted by Crippen LogP contribution is -2.53. The molecule has 8 heteroatoms. The third kappa shape index (κ3) is 6.25. The molecule has 0 aliphatic carbocycles. The first-order valence-electron chi connectivity index (χ1n) is 8.87. The smallest absolute Gasteiger partial charge is 0.0645 e. The van der Waals surface area contributed by atoms with Gasteiger partial charge in [0.2, 0.25) is 0 Å². The van der Waals surface area contributed by atoms with Crippen LogP contribution in [0.3, 0.4) is 0 Å². The summed E-state index contributed by atoms with van der Waals surface area (Å²) in [6, 6.07) is 2.32. The zero-order valence-corrected chi connectivity index (χ0v) is 16.1. The van der Waals surface area contributed by atoms with Crippen molar-refractivity contribution in [3.63, 3.8) is 0 Å². The lowest BCUT2D eigenvalue weighted by Gasteiger charge is -2.40. The first-order valence-corrected chi connectivity index (χ1v) is 8.87. The van der Waals surface area contributed by atoms with Gasteiger partial charge in [0, 0.05) is 38.3 Å². The molecule has 0 aromatic rings. The summed E-state index contributed by atoms with van der Waals surface area (Å²) in [6.07, 6.45) is 4.65. The van der Waals surface area contributed by atoms with Crippen LogP contribution in [0.2, 0.25) is 0 Å². The van der Waals surface area contributed by atoms with Crippen LogP contribution in [0.1, 0.15) is 25.7 Å². The van der Waals surface area contributed by atoms with Gasteiger partial charge in [0.05, 0.1) is 38.5 Å². The van der Waals surface area contributed by atoms with E-state index in [4.69, 9.17) is 20.9 Å². The average Bonchev–Trinajstić information content (AvgIpc) is 2.41. The third-order valence-corrected chi connectivity index (χ3v) is 5.42. The Morgan fingerprint density at radius 1 is 0.583 bits per heavy atom. The average molecular weight is 385 g/mol. The molecule has 24 heavy (non-hydrogen) atoms. The number of hydrogen-bond acceptors (Lipinski definition) is 6. The normalized spacial score (nSPS) is 27.8. The summed E-state index contributed by atoms with van der Waals surface area (Å²) in [7, 11) is 0. The van der Waals surface area contributed by atoms with Crippen molar-refractivity contribution < 1.29 is 9.47 Å². The number of halogens is 2. The topological polar surface area (TPSA) is 77.0 Å². The van der Waals surface area contributed by atoms with Crippen molar-refractivity contribution in [1.82, 2.24) is 9.80 Å². The van der Waals surface area contributed by atoms with Crippen LogP contribution in [-0.2, 0) is 9.47 Å². The van der Waals surface area contributed by atoms with Gasteiger partial charge in [-0.1, -0.05) is 0 Å². The number of nitrogens with zero attached hydrogens (tertiary/aromatic N) is 2. The van der Waals surface area contributed by atoms with Gasteiger partial charge in [0.15, 0.2) is 0 Å². The minimum Gasteiger partial charge on any atom is -0.378 e. The maximum Gasteiger partial charge on any atom is 0.0645 e. The van der Waals surface area contributed by atoms with Crippen LogP contribution in [0.25, 0.3) is 0 Å². The molecule has 6 nitrogen and oxygen atoms in total. The molecular formula is C16H34Cl2N4O2. The van der Waals surface area contributed by atoms with Crippen molar-refractivity contribution in [2.45, 2.75) is 49.9 Å². The summed E-state index contributed by atoms with van der Waals surface area (Å²) in [5.74, 6) is 0. The van der Waals surface area contributed by atoms with E-state index < -0.39 is 0 Å². The highest BCUT2D eigenvalue weighted by molar-refractivity contribution is 5.85. The van der Waals surface area contributed by atoms with Crippen LogP contribution in [0.4, 0.5) is 0 Å². The fraction of sp³-hybridized carbons (Fsp3) is 1.00. The van der Waals surface area contributed by atoms with Crippen LogP contribution in [-0.4, -0.2) is 86.6 Å². The SMILES string of the molecule is Cl.Cl.NC1CCN(C2COC2)CC1.NC1CCN(C2COC2)CC1. The van der Waals surface area contributed by atoms with E-state index >= 15 is 0 Å². The molecule has 4 rings (SSSR count). The molecule has 0 aromatic heterocycles. The predicted molar refractivity (Wildman–Crippen MR) is 101 cm³/mol. The highest BCUT2D eigenvalue weighted by Crippen LogP contribution is 2.17. The molecule has 4 heterocycles. The Hall–Kier alpha value is 0.340. The predicted octanol–water partition coefficient (Wildman–Crippen LogP) is 0.460. The Morgan fingerprint density at radius 2 is 0.875 bits per heavy atom. The first-order chi connectivity index (χ1) is 10.7. The van der Waals surface area contributed by atoms with Crippen molar-refractivity contribution in [3.8, 4) is 0 Å². The van der Waals surface area contributed by atoms with Crippen LogP contribution in [0, 0.1) is 0 Å². The van der Waals surface area contributed by atoms with Crippen LogP contribution >= 0.6 is 24.8 Å². The Balaban J connectivity index is 0.000000222. The second kappa shape index (κ2) is 11.1. The van der Waals surface area contributed by atoms with E-state index in [9.17, 15) is 0 Å². The number of piperidine rings is 2. The fourth-order valence-electron chi connectivity index (χ4n) is 3.44. The maximum absolute atomic E-state index is 5.80. The maximum atomic E-state index is 5.80. The number of hydrogen-bond donors (Lipinski definition) is 2. The van der Waals surface area contributed by atoms with Gasteiger partial charge in [0.1, 0.15) is 0 Å². The minimum absolute atomic E-state index is 0. The molecule has 4 aliphatic heterocycles. The van der Waals surface area contributed by atoms with E-state index in [0.29, 0.717) is 24.2 Å². The second-order valence-corrected chi connectivity index (χ2v) is 7.13. The van der Waals surface area contributed by atoms with Gasteiger partial charge in [-0.3, -0.25) is 9.80 Å². The molecule has 4 N–H and O–H groups in total. The van der Waals surface area contributed by atoms with Crippen LogP contribution < -0.4 is 11.5 Å². The Morgan fingerprint density at radius 3 is 1.08 bits per heavy atom. The van der Waals surface area contributed by atoms with Gasteiger partial charge in [-0.25, -0.2) is 0 Å². The summed E-state index contributed by atoms with van der Waals surface area (Å²) in [5, 5.41) is 0. The second-order valence-electron chi connectivity index (χ2n) is 7.13. The van der Waals surface area contributed by atoms with Gasteiger partial charge in [0.25, 0.3) is 0 Å². The van der Waals surface area contributed by atoms with E-state index in [-0.39, 0.29) is 24.8 Å². The van der Waals surface area contributed by atoms with Crippen molar-refractivity contribution in [3.05, 3.63) is 0 Å². The molecule has 0 unspecified atom stereocenters. The number of rotatable bonds is 2. The van der Waals surface area contributed by atoms with Gasteiger partial charge in [-0.2, -0.15) is 0 Å². The fourth-order valence-corrected chi connectivity index (χ4v) is 3.44. The lowest BCUT2D eigenvalue weighted by molar-refractivity contribution is -0.0710. The molecule has 0 radical (unpaired) electrons. The summed E-state index contributed by atoms with van der Waals surface area (Å²) in [5.41, 5.74) is 11.6. The Kier molecular flexibility index (Phi) is 10.4. The van der Waals surface area contributed by atoms with Gasteiger partial charge in [-0.15, -0.1) is 24.8 Å². The zero-order valence-electron chi connectivity index (χ0n) is 14.5. The Labute approximate surface area is 158 Å². The Bertz CT molecular complexity index is 298. The summed E-state index contributed by atoms with van der Waals surface area (Å²) in [4.78, 5) is 5.01. The van der Waals surface area contributed by atoms with Gasteiger partial charge < -0.3 is 20.9 Å². The molecule has 0 bridgehead atoms. The molecule has 4 saturated heterocycles. The van der Waals surface area contributed by atoms with Crippen molar-refractivity contribution in [2.24, 2.45) is 11.5 Å². The standard InChI is InChI=1S/2C8H16N2O.2ClH/c2*9-7-1-3-10(4-2-7)8-5-11-6-8;;/h2*7-8H,1-6,9H2;2*1H. The lowest BCUT2D eigenvalue weighted by atomic mass is 10.0. The molecular weight excluding hydrogens is 351 g/mol. The first kappa shape index (κ1) is 22.4. The van der Waals surface area contributed by atoms with Crippen LogP contribution in [0.15, 0.2) is 0 Å². The van der Waals surface area contributed by atoms with Crippen LogP contribution in [0.5, 0.6) is 0 Å².